The van der Waals surface area contributed by atoms with Gasteiger partial charge in [0.2, 0.25) is 0 Å². The molecule has 0 spiro atoms. The third-order valence-electron chi connectivity index (χ3n) is 3.68. The number of hydrogen-bond donors (Lipinski definition) is 1. The van der Waals surface area contributed by atoms with Gasteiger partial charge in [-0.25, -0.2) is 0 Å². The first-order valence-corrected chi connectivity index (χ1v) is 6.88. The Morgan fingerprint density at radius 1 is 1.35 bits per heavy atom. The van der Waals surface area contributed by atoms with Gasteiger partial charge >= 0.3 is 0 Å². The third kappa shape index (κ3) is 2.51. The van der Waals surface area contributed by atoms with Gasteiger partial charge in [-0.05, 0) is 37.3 Å². The van der Waals surface area contributed by atoms with Crippen molar-refractivity contribution >= 4 is 0 Å². The van der Waals surface area contributed by atoms with Crippen LogP contribution in [0, 0.1) is 0 Å². The molecule has 2 heterocycles. The Labute approximate surface area is 118 Å². The van der Waals surface area contributed by atoms with E-state index in [1.54, 1.807) is 13.4 Å². The topological polar surface area (TPSA) is 43.6 Å². The highest BCUT2D eigenvalue weighted by molar-refractivity contribution is 5.43. The first-order chi connectivity index (χ1) is 9.78. The highest BCUT2D eigenvalue weighted by Crippen LogP contribution is 2.36. The third-order valence-corrected chi connectivity index (χ3v) is 3.68. The Balaban J connectivity index is 1.82. The number of furan rings is 1. The van der Waals surface area contributed by atoms with Crippen LogP contribution in [0.5, 0.6) is 11.5 Å². The lowest BCUT2D eigenvalue weighted by Crippen LogP contribution is -2.29. The van der Waals surface area contributed by atoms with Crippen LogP contribution in [0.1, 0.15) is 36.8 Å². The largest absolute Gasteiger partial charge is 0.497 e. The van der Waals surface area contributed by atoms with Gasteiger partial charge in [0.15, 0.2) is 0 Å². The predicted molar refractivity (Wildman–Crippen MR) is 76.1 cm³/mol. The number of hydrogen-bond acceptors (Lipinski definition) is 4. The predicted octanol–water partition coefficient (Wildman–Crippen LogP) is 3.46. The van der Waals surface area contributed by atoms with Gasteiger partial charge in [0.1, 0.15) is 17.3 Å². The molecule has 2 atom stereocenters. The maximum Gasteiger partial charge on any atom is 0.124 e. The van der Waals surface area contributed by atoms with E-state index >= 15 is 0 Å². The Hall–Kier alpha value is -1.94. The van der Waals surface area contributed by atoms with Crippen LogP contribution in [-0.4, -0.2) is 13.7 Å². The van der Waals surface area contributed by atoms with Crippen molar-refractivity contribution in [3.8, 4) is 11.5 Å². The van der Waals surface area contributed by atoms with Gasteiger partial charge in [0, 0.05) is 18.0 Å². The van der Waals surface area contributed by atoms with E-state index in [1.807, 2.05) is 30.3 Å². The van der Waals surface area contributed by atoms with E-state index in [0.29, 0.717) is 0 Å². The number of nitrogens with one attached hydrogen (secondary N) is 1. The van der Waals surface area contributed by atoms with Crippen LogP contribution in [0.15, 0.2) is 41.0 Å². The summed E-state index contributed by atoms with van der Waals surface area (Å²) in [5, 5.41) is 3.60. The van der Waals surface area contributed by atoms with Gasteiger partial charge < -0.3 is 19.2 Å². The molecule has 1 aromatic carbocycles. The zero-order chi connectivity index (χ0) is 13.9. The van der Waals surface area contributed by atoms with Crippen molar-refractivity contribution in [1.29, 1.82) is 0 Å². The summed E-state index contributed by atoms with van der Waals surface area (Å²) in [5.41, 5.74) is 1.15. The second-order valence-electron chi connectivity index (χ2n) is 5.00. The number of fused-ring (bicyclic) bond motifs is 1. The number of benzene rings is 1. The standard InChI is InChI=1S/C16H19NO3/c1-11(15-4-3-8-19-15)17-14-7-9-20-16-6-5-12(18-2)10-13(14)16/h3-6,8,10-11,14,17H,7,9H2,1-2H3/t11-,14?/m1/s1. The minimum absolute atomic E-state index is 0.159. The SMILES string of the molecule is COc1ccc2c(c1)C(N[C@H](C)c1ccco1)CCO2. The molecule has 1 aromatic heterocycles. The summed E-state index contributed by atoms with van der Waals surface area (Å²) < 4.78 is 16.5. The molecule has 1 unspecified atom stereocenters. The van der Waals surface area contributed by atoms with Crippen molar-refractivity contribution in [2.24, 2.45) is 0 Å². The Morgan fingerprint density at radius 3 is 3.00 bits per heavy atom. The molecule has 1 aliphatic heterocycles. The summed E-state index contributed by atoms with van der Waals surface area (Å²) in [6, 6.07) is 10.2. The lowest BCUT2D eigenvalue weighted by molar-refractivity contribution is 0.241. The molecule has 106 valence electrons. The number of methoxy groups -OCH3 is 1. The summed E-state index contributed by atoms with van der Waals surface area (Å²) in [7, 11) is 1.68. The molecular formula is C16H19NO3. The fourth-order valence-electron chi connectivity index (χ4n) is 2.59. The monoisotopic (exact) mass is 273 g/mol. The first kappa shape index (κ1) is 13.1. The van der Waals surface area contributed by atoms with Gasteiger partial charge in [0.05, 0.1) is 26.0 Å². The molecule has 0 amide bonds. The second-order valence-corrected chi connectivity index (χ2v) is 5.00. The Morgan fingerprint density at radius 2 is 2.25 bits per heavy atom. The summed E-state index contributed by atoms with van der Waals surface area (Å²) >= 11 is 0. The van der Waals surface area contributed by atoms with E-state index in [4.69, 9.17) is 13.9 Å². The lowest BCUT2D eigenvalue weighted by Gasteiger charge is -2.29. The number of ether oxygens (including phenoxy) is 2. The zero-order valence-corrected chi connectivity index (χ0v) is 11.8. The summed E-state index contributed by atoms with van der Waals surface area (Å²) in [6.07, 6.45) is 2.64. The lowest BCUT2D eigenvalue weighted by atomic mass is 9.99. The van der Waals surface area contributed by atoms with Crippen LogP contribution in [0.25, 0.3) is 0 Å². The van der Waals surface area contributed by atoms with Crippen molar-refractivity contribution < 1.29 is 13.9 Å². The molecule has 0 radical (unpaired) electrons. The number of rotatable bonds is 4. The van der Waals surface area contributed by atoms with Crippen LogP contribution in [0.2, 0.25) is 0 Å². The van der Waals surface area contributed by atoms with Crippen LogP contribution < -0.4 is 14.8 Å². The van der Waals surface area contributed by atoms with Gasteiger partial charge in [-0.1, -0.05) is 0 Å². The average molecular weight is 273 g/mol. The summed E-state index contributed by atoms with van der Waals surface area (Å²) in [6.45, 7) is 2.83. The molecule has 0 saturated carbocycles. The minimum Gasteiger partial charge on any atom is -0.497 e. The summed E-state index contributed by atoms with van der Waals surface area (Å²) in [4.78, 5) is 0. The first-order valence-electron chi connectivity index (χ1n) is 6.88. The quantitative estimate of drug-likeness (QED) is 0.926. The van der Waals surface area contributed by atoms with Crippen molar-refractivity contribution in [2.75, 3.05) is 13.7 Å². The Kier molecular flexibility index (Phi) is 3.65. The molecule has 2 aromatic rings. The normalized spacial score (nSPS) is 19.0. The second kappa shape index (κ2) is 5.59. The van der Waals surface area contributed by atoms with Gasteiger partial charge in [0.25, 0.3) is 0 Å². The molecule has 20 heavy (non-hydrogen) atoms. The molecular weight excluding hydrogens is 254 g/mol. The van der Waals surface area contributed by atoms with Crippen LogP contribution in [0.3, 0.4) is 0 Å². The minimum atomic E-state index is 0.159. The van der Waals surface area contributed by atoms with Crippen LogP contribution >= 0.6 is 0 Å². The molecule has 4 heteroatoms. The molecule has 0 saturated heterocycles. The van der Waals surface area contributed by atoms with Crippen molar-refractivity contribution in [1.82, 2.24) is 5.32 Å². The fraction of sp³-hybridized carbons (Fsp3) is 0.375. The smallest absolute Gasteiger partial charge is 0.124 e. The van der Waals surface area contributed by atoms with E-state index < -0.39 is 0 Å². The van der Waals surface area contributed by atoms with Gasteiger partial charge in [-0.2, -0.15) is 0 Å². The summed E-state index contributed by atoms with van der Waals surface area (Å²) in [5.74, 6) is 2.73. The molecule has 0 fully saturated rings. The highest BCUT2D eigenvalue weighted by atomic mass is 16.5. The maximum atomic E-state index is 5.71. The average Bonchev–Trinajstić information content (AvgIpc) is 3.01. The van der Waals surface area contributed by atoms with Crippen LogP contribution in [-0.2, 0) is 0 Å². The van der Waals surface area contributed by atoms with E-state index in [9.17, 15) is 0 Å². The Bertz CT molecular complexity index is 565. The maximum absolute atomic E-state index is 5.71. The van der Waals surface area contributed by atoms with E-state index in [2.05, 4.69) is 12.2 Å². The zero-order valence-electron chi connectivity index (χ0n) is 11.8. The van der Waals surface area contributed by atoms with Gasteiger partial charge in [-0.3, -0.25) is 0 Å². The van der Waals surface area contributed by atoms with Crippen molar-refractivity contribution in [3.05, 3.63) is 47.9 Å². The molecule has 4 nitrogen and oxygen atoms in total. The van der Waals surface area contributed by atoms with E-state index in [1.165, 1.54) is 0 Å². The van der Waals surface area contributed by atoms with E-state index in [-0.39, 0.29) is 12.1 Å². The molecule has 0 bridgehead atoms. The molecule has 1 N–H and O–H groups in total. The fourth-order valence-corrected chi connectivity index (χ4v) is 2.59. The highest BCUT2D eigenvalue weighted by Gasteiger charge is 2.24. The van der Waals surface area contributed by atoms with Crippen LogP contribution in [0.4, 0.5) is 0 Å². The molecule has 0 aliphatic carbocycles. The van der Waals surface area contributed by atoms with E-state index in [0.717, 1.165) is 35.9 Å². The molecule has 3 rings (SSSR count). The molecule has 1 aliphatic rings. The van der Waals surface area contributed by atoms with Gasteiger partial charge in [-0.15, -0.1) is 0 Å². The van der Waals surface area contributed by atoms with Crippen molar-refractivity contribution in [3.63, 3.8) is 0 Å². The van der Waals surface area contributed by atoms with Crippen molar-refractivity contribution in [2.45, 2.75) is 25.4 Å².